The number of amides is 2. The average molecular weight is 467 g/mol. The van der Waals surface area contributed by atoms with Crippen molar-refractivity contribution >= 4 is 33.5 Å². The molecule has 0 aromatic heterocycles. The number of nitrogens with one attached hydrogen (secondary N) is 2. The first-order valence-corrected chi connectivity index (χ1v) is 12.6. The van der Waals surface area contributed by atoms with Gasteiger partial charge in [0.05, 0.1) is 16.6 Å². The first-order valence-electron chi connectivity index (χ1n) is 9.91. The molecule has 32 heavy (non-hydrogen) atoms. The van der Waals surface area contributed by atoms with Gasteiger partial charge in [-0.05, 0) is 41.6 Å². The molecule has 2 amide bonds. The summed E-state index contributed by atoms with van der Waals surface area (Å²) in [4.78, 5) is 16.3. The Morgan fingerprint density at radius 1 is 0.969 bits per heavy atom. The number of hydrogen-bond acceptors (Lipinski definition) is 5. The third-order valence-electron chi connectivity index (χ3n) is 5.07. The molecule has 0 saturated heterocycles. The summed E-state index contributed by atoms with van der Waals surface area (Å²) in [5.74, 6) is 0. The number of hydrogen-bond donors (Lipinski definition) is 2. The largest absolute Gasteiger partial charge is 0.353 e. The molecule has 0 spiro atoms. The second-order valence-electron chi connectivity index (χ2n) is 7.10. The van der Waals surface area contributed by atoms with Crippen LogP contribution >= 0.6 is 11.8 Å². The highest BCUT2D eigenvalue weighted by Gasteiger charge is 2.33. The molecule has 1 aliphatic rings. The Morgan fingerprint density at radius 3 is 2.22 bits per heavy atom. The van der Waals surface area contributed by atoms with Crippen molar-refractivity contribution in [3.63, 3.8) is 0 Å². The van der Waals surface area contributed by atoms with Crippen molar-refractivity contribution in [1.29, 1.82) is 0 Å². The molecule has 1 aliphatic heterocycles. The molecule has 0 radical (unpaired) electrons. The molecule has 0 bridgehead atoms. The highest BCUT2D eigenvalue weighted by molar-refractivity contribution is 7.98. The molecule has 3 aromatic carbocycles. The minimum atomic E-state index is -3.90. The summed E-state index contributed by atoms with van der Waals surface area (Å²) in [6.45, 7) is 0. The number of nitrogens with zero attached hydrogens (tertiary/aromatic N) is 2. The van der Waals surface area contributed by atoms with Crippen molar-refractivity contribution in [1.82, 2.24) is 15.3 Å². The number of rotatable bonds is 6. The van der Waals surface area contributed by atoms with Gasteiger partial charge in [0, 0.05) is 11.3 Å². The van der Waals surface area contributed by atoms with E-state index in [1.165, 1.54) is 17.1 Å². The Labute approximate surface area is 191 Å². The van der Waals surface area contributed by atoms with Crippen LogP contribution in [0.2, 0.25) is 0 Å². The minimum absolute atomic E-state index is 0.0550. The van der Waals surface area contributed by atoms with E-state index in [-0.39, 0.29) is 10.9 Å². The minimum Gasteiger partial charge on any atom is -0.258 e. The van der Waals surface area contributed by atoms with E-state index >= 15 is 0 Å². The van der Waals surface area contributed by atoms with Gasteiger partial charge in [0.2, 0.25) is 0 Å². The molecule has 0 saturated carbocycles. The highest BCUT2D eigenvalue weighted by Crippen LogP contribution is 2.33. The Morgan fingerprint density at radius 2 is 1.59 bits per heavy atom. The lowest BCUT2D eigenvalue weighted by Gasteiger charge is -2.22. The van der Waals surface area contributed by atoms with Gasteiger partial charge in [-0.25, -0.2) is 18.2 Å². The van der Waals surface area contributed by atoms with Crippen LogP contribution in [0.4, 0.5) is 4.79 Å². The van der Waals surface area contributed by atoms with Gasteiger partial charge < -0.3 is 0 Å². The Hall–Kier alpha value is -3.14. The number of sulfonamides is 1. The van der Waals surface area contributed by atoms with Gasteiger partial charge in [0.15, 0.2) is 0 Å². The van der Waals surface area contributed by atoms with Gasteiger partial charge in [-0.2, -0.15) is 5.10 Å². The third kappa shape index (κ3) is 4.85. The fourth-order valence-electron chi connectivity index (χ4n) is 3.42. The summed E-state index contributed by atoms with van der Waals surface area (Å²) in [5, 5.41) is 5.83. The molecule has 1 unspecified atom stereocenters. The summed E-state index contributed by atoms with van der Waals surface area (Å²) < 4.78 is 25.0. The Kier molecular flexibility index (Phi) is 6.59. The van der Waals surface area contributed by atoms with Gasteiger partial charge >= 0.3 is 6.03 Å². The zero-order valence-electron chi connectivity index (χ0n) is 17.3. The summed E-state index contributed by atoms with van der Waals surface area (Å²) in [7, 11) is -3.90. The normalized spacial score (nSPS) is 16.0. The molecule has 3 aromatic rings. The lowest BCUT2D eigenvalue weighted by Crippen LogP contribution is -2.47. The summed E-state index contributed by atoms with van der Waals surface area (Å²) >= 11 is 1.64. The van der Waals surface area contributed by atoms with E-state index in [1.807, 2.05) is 60.9 Å². The number of carbonyl (C=O) groups excluding carboxylic acids is 1. The van der Waals surface area contributed by atoms with Crippen LogP contribution in [0.25, 0.3) is 0 Å². The van der Waals surface area contributed by atoms with E-state index in [9.17, 15) is 13.2 Å². The van der Waals surface area contributed by atoms with Gasteiger partial charge in [-0.15, -0.1) is 16.6 Å². The fraction of sp³-hybridized carbons (Fsp3) is 0.130. The lowest BCUT2D eigenvalue weighted by atomic mass is 9.99. The topological polar surface area (TPSA) is 90.9 Å². The van der Waals surface area contributed by atoms with Crippen LogP contribution in [0.3, 0.4) is 0 Å². The standard InChI is InChI=1S/C23H22N4O3S2/c1-31-19-14-12-18(13-15-19)22-16-21(17-8-4-2-5-9-17)25-27(22)23(28)24-26-32(29,30)20-10-6-3-7-11-20/h2-15,22,26H,16H2,1H3,(H,24,28). The maximum Gasteiger partial charge on any atom is 0.353 e. The number of hydrazone groups is 1. The summed E-state index contributed by atoms with van der Waals surface area (Å²) in [6, 6.07) is 24.4. The Bertz CT molecular complexity index is 1220. The number of carbonyl (C=O) groups is 1. The van der Waals surface area contributed by atoms with Crippen molar-refractivity contribution in [2.75, 3.05) is 6.26 Å². The van der Waals surface area contributed by atoms with E-state index < -0.39 is 16.1 Å². The smallest absolute Gasteiger partial charge is 0.258 e. The zero-order chi connectivity index (χ0) is 22.6. The third-order valence-corrected chi connectivity index (χ3v) is 7.08. The van der Waals surface area contributed by atoms with E-state index in [0.717, 1.165) is 21.7 Å². The van der Waals surface area contributed by atoms with Crippen LogP contribution in [0.5, 0.6) is 0 Å². The zero-order valence-corrected chi connectivity index (χ0v) is 18.9. The van der Waals surface area contributed by atoms with Crippen molar-refractivity contribution in [3.8, 4) is 0 Å². The van der Waals surface area contributed by atoms with Crippen molar-refractivity contribution < 1.29 is 13.2 Å². The van der Waals surface area contributed by atoms with Crippen LogP contribution in [0.15, 0.2) is 99.8 Å². The van der Waals surface area contributed by atoms with Gasteiger partial charge in [-0.1, -0.05) is 60.7 Å². The quantitative estimate of drug-likeness (QED) is 0.422. The molecular formula is C23H22N4O3S2. The Balaban J connectivity index is 1.58. The first kappa shape index (κ1) is 22.1. The maximum atomic E-state index is 13.0. The van der Waals surface area contributed by atoms with Crippen LogP contribution in [-0.4, -0.2) is 31.4 Å². The molecule has 0 aliphatic carbocycles. The van der Waals surface area contributed by atoms with Gasteiger partial charge in [0.25, 0.3) is 10.0 Å². The molecule has 9 heteroatoms. The monoisotopic (exact) mass is 466 g/mol. The molecule has 1 atom stereocenters. The van der Waals surface area contributed by atoms with E-state index in [0.29, 0.717) is 6.42 Å². The lowest BCUT2D eigenvalue weighted by molar-refractivity contribution is 0.184. The van der Waals surface area contributed by atoms with Crippen LogP contribution in [-0.2, 0) is 10.0 Å². The molecule has 1 heterocycles. The predicted octanol–water partition coefficient (Wildman–Crippen LogP) is 4.16. The van der Waals surface area contributed by atoms with Gasteiger partial charge in [0.1, 0.15) is 0 Å². The van der Waals surface area contributed by atoms with Crippen LogP contribution < -0.4 is 10.3 Å². The molecule has 7 nitrogen and oxygen atoms in total. The van der Waals surface area contributed by atoms with E-state index in [4.69, 9.17) is 0 Å². The number of hydrazine groups is 1. The first-order chi connectivity index (χ1) is 15.5. The van der Waals surface area contributed by atoms with E-state index in [2.05, 4.69) is 15.4 Å². The molecular weight excluding hydrogens is 444 g/mol. The van der Waals surface area contributed by atoms with Crippen LogP contribution in [0.1, 0.15) is 23.6 Å². The van der Waals surface area contributed by atoms with Crippen molar-refractivity contribution in [3.05, 3.63) is 96.1 Å². The van der Waals surface area contributed by atoms with Gasteiger partial charge in [-0.3, -0.25) is 5.43 Å². The molecule has 2 N–H and O–H groups in total. The summed E-state index contributed by atoms with van der Waals surface area (Å²) in [6.07, 6.45) is 2.52. The fourth-order valence-corrected chi connectivity index (χ4v) is 4.68. The molecule has 4 rings (SSSR count). The van der Waals surface area contributed by atoms with Crippen molar-refractivity contribution in [2.45, 2.75) is 22.3 Å². The SMILES string of the molecule is CSc1ccc(C2CC(c3ccccc3)=NN2C(=O)NNS(=O)(=O)c2ccccc2)cc1. The second kappa shape index (κ2) is 9.56. The van der Waals surface area contributed by atoms with E-state index in [1.54, 1.807) is 30.0 Å². The second-order valence-corrected chi connectivity index (χ2v) is 9.66. The maximum absolute atomic E-state index is 13.0. The number of benzene rings is 3. The van der Waals surface area contributed by atoms with Crippen LogP contribution in [0, 0.1) is 0 Å². The predicted molar refractivity (Wildman–Crippen MR) is 126 cm³/mol. The number of thioether (sulfide) groups is 1. The highest BCUT2D eigenvalue weighted by atomic mass is 32.2. The average Bonchev–Trinajstić information content (AvgIpc) is 3.29. The van der Waals surface area contributed by atoms with Crippen molar-refractivity contribution in [2.24, 2.45) is 5.10 Å². The molecule has 164 valence electrons. The number of urea groups is 1. The molecule has 0 fully saturated rings. The summed E-state index contributed by atoms with van der Waals surface area (Å²) in [5.41, 5.74) is 4.88.